The maximum Gasteiger partial charge on any atom is 0.118 e. The molecule has 92 valence electrons. The normalized spacial score (nSPS) is 11.3. The molecule has 1 aromatic rings. The Bertz CT molecular complexity index is 310. The molecule has 0 fully saturated rings. The summed E-state index contributed by atoms with van der Waals surface area (Å²) in [4.78, 5) is 2.19. The average molecular weight is 226 g/mol. The quantitative estimate of drug-likeness (QED) is 0.762. The van der Waals surface area contributed by atoms with Crippen LogP contribution in [-0.2, 0) is 17.8 Å². The molecule has 1 aromatic heterocycles. The van der Waals surface area contributed by atoms with Crippen molar-refractivity contribution in [2.24, 2.45) is 0 Å². The highest BCUT2D eigenvalue weighted by atomic mass is 16.5. The maximum atomic E-state index is 5.70. The monoisotopic (exact) mass is 226 g/mol. The number of nitrogens with zero attached hydrogens (tertiary/aromatic N) is 1. The van der Waals surface area contributed by atoms with Gasteiger partial charge in [-0.25, -0.2) is 0 Å². The van der Waals surface area contributed by atoms with Gasteiger partial charge < -0.3 is 14.5 Å². The summed E-state index contributed by atoms with van der Waals surface area (Å²) in [6.07, 6.45) is 0. The van der Waals surface area contributed by atoms with Crippen LogP contribution in [0.2, 0.25) is 0 Å². The first-order chi connectivity index (χ1) is 7.67. The van der Waals surface area contributed by atoms with Crippen LogP contribution in [0.1, 0.15) is 17.1 Å². The zero-order chi connectivity index (χ0) is 12.0. The number of rotatable bonds is 7. The molecule has 0 aliphatic rings. The highest BCUT2D eigenvalue weighted by Gasteiger charge is 2.08. The van der Waals surface area contributed by atoms with Crippen LogP contribution in [0.25, 0.3) is 0 Å². The number of furan rings is 1. The number of likely N-dealkylation sites (N-methyl/N-ethyl adjacent to an activating group) is 1. The Morgan fingerprint density at radius 3 is 2.88 bits per heavy atom. The summed E-state index contributed by atoms with van der Waals surface area (Å²) in [5.74, 6) is 2.02. The van der Waals surface area contributed by atoms with Crippen LogP contribution in [0.15, 0.2) is 10.5 Å². The fourth-order valence-electron chi connectivity index (χ4n) is 1.62. The van der Waals surface area contributed by atoms with Crippen LogP contribution in [0.3, 0.4) is 0 Å². The lowest BCUT2D eigenvalue weighted by Gasteiger charge is -2.13. The summed E-state index contributed by atoms with van der Waals surface area (Å²) in [7, 11) is 5.72. The second-order valence-electron chi connectivity index (χ2n) is 4.06. The molecule has 0 amide bonds. The predicted molar refractivity (Wildman–Crippen MR) is 64.4 cm³/mol. The fourth-order valence-corrected chi connectivity index (χ4v) is 1.62. The highest BCUT2D eigenvalue weighted by Crippen LogP contribution is 2.15. The Hall–Kier alpha value is -0.840. The lowest BCUT2D eigenvalue weighted by molar-refractivity contribution is 0.154. The van der Waals surface area contributed by atoms with E-state index in [9.17, 15) is 0 Å². The van der Waals surface area contributed by atoms with Crippen molar-refractivity contribution in [3.63, 3.8) is 0 Å². The van der Waals surface area contributed by atoms with Crippen LogP contribution in [0.4, 0.5) is 0 Å². The zero-order valence-electron chi connectivity index (χ0n) is 10.7. The molecule has 0 saturated carbocycles. The number of hydrogen-bond acceptors (Lipinski definition) is 4. The molecule has 1 N–H and O–H groups in total. The maximum absolute atomic E-state index is 5.70. The van der Waals surface area contributed by atoms with E-state index in [4.69, 9.17) is 9.15 Å². The van der Waals surface area contributed by atoms with Crippen molar-refractivity contribution in [1.29, 1.82) is 0 Å². The summed E-state index contributed by atoms with van der Waals surface area (Å²) in [6, 6.07) is 2.12. The van der Waals surface area contributed by atoms with Crippen LogP contribution in [0.5, 0.6) is 0 Å². The third kappa shape index (κ3) is 3.96. The summed E-state index contributed by atoms with van der Waals surface area (Å²) < 4.78 is 10.7. The average Bonchev–Trinajstić information content (AvgIpc) is 2.57. The van der Waals surface area contributed by atoms with Crippen LogP contribution in [0, 0.1) is 6.92 Å². The van der Waals surface area contributed by atoms with Gasteiger partial charge >= 0.3 is 0 Å². The van der Waals surface area contributed by atoms with E-state index in [-0.39, 0.29) is 0 Å². The molecule has 0 spiro atoms. The molecule has 0 bridgehead atoms. The van der Waals surface area contributed by atoms with Gasteiger partial charge in [0.1, 0.15) is 11.5 Å². The van der Waals surface area contributed by atoms with Gasteiger partial charge in [0.25, 0.3) is 0 Å². The molecular formula is C12H22N2O2. The minimum Gasteiger partial charge on any atom is -0.465 e. The molecule has 0 unspecified atom stereocenters. The fraction of sp³-hybridized carbons (Fsp3) is 0.667. The first-order valence-electron chi connectivity index (χ1n) is 5.57. The number of methoxy groups -OCH3 is 1. The van der Waals surface area contributed by atoms with Gasteiger partial charge in [0.2, 0.25) is 0 Å². The third-order valence-corrected chi connectivity index (χ3v) is 2.54. The Morgan fingerprint density at radius 1 is 1.50 bits per heavy atom. The summed E-state index contributed by atoms with van der Waals surface area (Å²) >= 11 is 0. The van der Waals surface area contributed by atoms with Crippen molar-refractivity contribution >= 4 is 0 Å². The largest absolute Gasteiger partial charge is 0.465 e. The van der Waals surface area contributed by atoms with Crippen LogP contribution in [-0.4, -0.2) is 39.3 Å². The second kappa shape index (κ2) is 6.68. The standard InChI is InChI=1S/C12H22N2O2/c1-10-11(8-13-2)7-12(16-10)9-14(3)5-6-15-4/h7,13H,5-6,8-9H2,1-4H3. The van der Waals surface area contributed by atoms with Gasteiger partial charge in [-0.3, -0.25) is 4.90 Å². The zero-order valence-corrected chi connectivity index (χ0v) is 10.7. The van der Waals surface area contributed by atoms with Crippen molar-refractivity contribution < 1.29 is 9.15 Å². The molecule has 0 saturated heterocycles. The van der Waals surface area contributed by atoms with E-state index in [2.05, 4.69) is 23.3 Å². The molecule has 4 heteroatoms. The van der Waals surface area contributed by atoms with E-state index in [1.807, 2.05) is 14.0 Å². The van der Waals surface area contributed by atoms with Crippen molar-refractivity contribution in [1.82, 2.24) is 10.2 Å². The molecular weight excluding hydrogens is 204 g/mol. The van der Waals surface area contributed by atoms with Crippen LogP contribution >= 0.6 is 0 Å². The summed E-state index contributed by atoms with van der Waals surface area (Å²) in [6.45, 7) is 5.35. The van der Waals surface area contributed by atoms with Gasteiger partial charge in [0.15, 0.2) is 0 Å². The minimum atomic E-state index is 0.750. The van der Waals surface area contributed by atoms with Crippen molar-refractivity contribution in [3.8, 4) is 0 Å². The molecule has 0 atom stereocenters. The van der Waals surface area contributed by atoms with Gasteiger partial charge in [0.05, 0.1) is 13.2 Å². The molecule has 0 aliphatic carbocycles. The highest BCUT2D eigenvalue weighted by molar-refractivity contribution is 5.20. The van der Waals surface area contributed by atoms with Gasteiger partial charge in [-0.15, -0.1) is 0 Å². The van der Waals surface area contributed by atoms with E-state index in [1.165, 1.54) is 5.56 Å². The number of hydrogen-bond donors (Lipinski definition) is 1. The van der Waals surface area contributed by atoms with Crippen molar-refractivity contribution in [2.75, 3.05) is 34.4 Å². The number of ether oxygens (including phenoxy) is 1. The summed E-state index contributed by atoms with van der Waals surface area (Å²) in [5, 5.41) is 3.13. The molecule has 4 nitrogen and oxygen atoms in total. The van der Waals surface area contributed by atoms with E-state index in [0.717, 1.165) is 37.8 Å². The molecule has 1 rings (SSSR count). The van der Waals surface area contributed by atoms with Gasteiger partial charge in [-0.1, -0.05) is 0 Å². The van der Waals surface area contributed by atoms with E-state index in [1.54, 1.807) is 7.11 Å². The van der Waals surface area contributed by atoms with Gasteiger partial charge in [0, 0.05) is 25.8 Å². The Balaban J connectivity index is 2.50. The topological polar surface area (TPSA) is 37.6 Å². The smallest absolute Gasteiger partial charge is 0.118 e. The van der Waals surface area contributed by atoms with Crippen molar-refractivity contribution in [3.05, 3.63) is 23.2 Å². The van der Waals surface area contributed by atoms with Crippen molar-refractivity contribution in [2.45, 2.75) is 20.0 Å². The molecule has 0 aliphatic heterocycles. The van der Waals surface area contributed by atoms with Gasteiger partial charge in [-0.05, 0) is 27.1 Å². The lowest BCUT2D eigenvalue weighted by Crippen LogP contribution is -2.21. The molecule has 0 radical (unpaired) electrons. The van der Waals surface area contributed by atoms with E-state index < -0.39 is 0 Å². The Kier molecular flexibility index (Phi) is 5.52. The Morgan fingerprint density at radius 2 is 2.25 bits per heavy atom. The summed E-state index contributed by atoms with van der Waals surface area (Å²) in [5.41, 5.74) is 1.23. The minimum absolute atomic E-state index is 0.750. The van der Waals surface area contributed by atoms with E-state index >= 15 is 0 Å². The number of nitrogens with one attached hydrogen (secondary N) is 1. The van der Waals surface area contributed by atoms with Crippen LogP contribution < -0.4 is 5.32 Å². The lowest BCUT2D eigenvalue weighted by atomic mass is 10.2. The number of aryl methyl sites for hydroxylation is 1. The SMILES string of the molecule is CNCc1cc(CN(C)CCOC)oc1C. The van der Waals surface area contributed by atoms with Gasteiger partial charge in [-0.2, -0.15) is 0 Å². The molecule has 16 heavy (non-hydrogen) atoms. The first kappa shape index (κ1) is 13.2. The Labute approximate surface area is 97.6 Å². The second-order valence-corrected chi connectivity index (χ2v) is 4.06. The third-order valence-electron chi connectivity index (χ3n) is 2.54. The predicted octanol–water partition coefficient (Wildman–Crippen LogP) is 1.39. The molecule has 0 aromatic carbocycles. The van der Waals surface area contributed by atoms with E-state index in [0.29, 0.717) is 0 Å². The molecule has 1 heterocycles. The first-order valence-corrected chi connectivity index (χ1v) is 5.57.